The Hall–Kier alpha value is -1.85. The third-order valence-corrected chi connectivity index (χ3v) is 4.65. The standard InChI is InChI=1S/C14H21N5O/c1-4-10-5-6-11(8(10)2)16-12-7-13-17-18-14(20)19(13)9(3)15-12/h7-8,10-11,16H,4-6H2,1-3H3,(H,18,20). The minimum Gasteiger partial charge on any atom is -0.367 e. The lowest BCUT2D eigenvalue weighted by atomic mass is 9.93. The van der Waals surface area contributed by atoms with Crippen molar-refractivity contribution in [1.82, 2.24) is 19.6 Å². The highest BCUT2D eigenvalue weighted by Crippen LogP contribution is 2.35. The van der Waals surface area contributed by atoms with E-state index < -0.39 is 0 Å². The molecule has 3 unspecified atom stereocenters. The topological polar surface area (TPSA) is 75.1 Å². The molecule has 3 rings (SSSR count). The molecule has 2 heterocycles. The Bertz CT molecular complexity index is 674. The van der Waals surface area contributed by atoms with E-state index >= 15 is 0 Å². The number of aromatic nitrogens is 4. The second kappa shape index (κ2) is 4.92. The third-order valence-electron chi connectivity index (χ3n) is 4.65. The molecule has 108 valence electrons. The average molecular weight is 275 g/mol. The molecule has 2 aromatic rings. The quantitative estimate of drug-likeness (QED) is 0.898. The van der Waals surface area contributed by atoms with Crippen LogP contribution in [0.15, 0.2) is 10.9 Å². The van der Waals surface area contributed by atoms with Gasteiger partial charge in [-0.1, -0.05) is 20.3 Å². The predicted molar refractivity (Wildman–Crippen MR) is 77.9 cm³/mol. The van der Waals surface area contributed by atoms with Crippen LogP contribution in [0.3, 0.4) is 0 Å². The van der Waals surface area contributed by atoms with Gasteiger partial charge in [0.05, 0.1) is 0 Å². The number of nitrogens with one attached hydrogen (secondary N) is 2. The van der Waals surface area contributed by atoms with Crippen LogP contribution in [0, 0.1) is 18.8 Å². The highest BCUT2D eigenvalue weighted by Gasteiger charge is 2.31. The maximum absolute atomic E-state index is 11.6. The summed E-state index contributed by atoms with van der Waals surface area (Å²) in [6.45, 7) is 6.39. The number of rotatable bonds is 3. The van der Waals surface area contributed by atoms with Crippen LogP contribution in [-0.4, -0.2) is 25.6 Å². The largest absolute Gasteiger partial charge is 0.367 e. The smallest absolute Gasteiger partial charge is 0.349 e. The molecule has 0 aromatic carbocycles. The van der Waals surface area contributed by atoms with Gasteiger partial charge in [0.1, 0.15) is 11.6 Å². The number of anilines is 1. The summed E-state index contributed by atoms with van der Waals surface area (Å²) in [4.78, 5) is 16.0. The van der Waals surface area contributed by atoms with Crippen LogP contribution >= 0.6 is 0 Å². The van der Waals surface area contributed by atoms with Crippen molar-refractivity contribution in [2.45, 2.75) is 46.1 Å². The molecular weight excluding hydrogens is 254 g/mol. The number of aromatic amines is 1. The first-order chi connectivity index (χ1) is 9.60. The molecular formula is C14H21N5O. The van der Waals surface area contributed by atoms with E-state index in [1.165, 1.54) is 23.7 Å². The zero-order valence-electron chi connectivity index (χ0n) is 12.2. The molecule has 1 aliphatic carbocycles. The van der Waals surface area contributed by atoms with Crippen molar-refractivity contribution in [2.75, 3.05) is 5.32 Å². The minimum absolute atomic E-state index is 0.239. The molecule has 1 aliphatic rings. The van der Waals surface area contributed by atoms with Gasteiger partial charge in [-0.3, -0.25) is 0 Å². The Morgan fingerprint density at radius 1 is 1.50 bits per heavy atom. The van der Waals surface area contributed by atoms with Gasteiger partial charge in [-0.05, 0) is 31.6 Å². The highest BCUT2D eigenvalue weighted by atomic mass is 16.1. The maximum Gasteiger partial charge on any atom is 0.349 e. The van der Waals surface area contributed by atoms with Crippen LogP contribution in [0.4, 0.5) is 5.82 Å². The van der Waals surface area contributed by atoms with E-state index in [1.807, 2.05) is 13.0 Å². The van der Waals surface area contributed by atoms with Crippen molar-refractivity contribution in [3.63, 3.8) is 0 Å². The SMILES string of the molecule is CCC1CCC(Nc2cc3n[nH]c(=O)n3c(C)n2)C1C. The lowest BCUT2D eigenvalue weighted by Gasteiger charge is -2.21. The Morgan fingerprint density at radius 2 is 2.30 bits per heavy atom. The highest BCUT2D eigenvalue weighted by molar-refractivity contribution is 5.50. The summed E-state index contributed by atoms with van der Waals surface area (Å²) in [7, 11) is 0. The summed E-state index contributed by atoms with van der Waals surface area (Å²) in [6.07, 6.45) is 3.69. The second-order valence-corrected chi connectivity index (χ2v) is 5.77. The molecule has 3 atom stereocenters. The van der Waals surface area contributed by atoms with Gasteiger partial charge in [0.2, 0.25) is 0 Å². The molecule has 6 nitrogen and oxygen atoms in total. The second-order valence-electron chi connectivity index (χ2n) is 5.77. The van der Waals surface area contributed by atoms with Crippen molar-refractivity contribution < 1.29 is 0 Å². The first-order valence-corrected chi connectivity index (χ1v) is 7.31. The predicted octanol–water partition coefficient (Wildman–Crippen LogP) is 1.96. The zero-order valence-corrected chi connectivity index (χ0v) is 12.2. The number of H-pyrrole nitrogens is 1. The minimum atomic E-state index is -0.239. The molecule has 1 fully saturated rings. The van der Waals surface area contributed by atoms with E-state index in [2.05, 4.69) is 34.3 Å². The van der Waals surface area contributed by atoms with Crippen molar-refractivity contribution in [1.29, 1.82) is 0 Å². The summed E-state index contributed by atoms with van der Waals surface area (Å²) >= 11 is 0. The number of hydrogen-bond donors (Lipinski definition) is 2. The van der Waals surface area contributed by atoms with Crippen molar-refractivity contribution in [3.05, 3.63) is 22.4 Å². The van der Waals surface area contributed by atoms with Crippen molar-refractivity contribution in [2.24, 2.45) is 11.8 Å². The maximum atomic E-state index is 11.6. The van der Waals surface area contributed by atoms with Gasteiger partial charge in [0, 0.05) is 12.1 Å². The van der Waals surface area contributed by atoms with Gasteiger partial charge >= 0.3 is 5.69 Å². The van der Waals surface area contributed by atoms with Crippen LogP contribution < -0.4 is 11.0 Å². The van der Waals surface area contributed by atoms with Gasteiger partial charge in [-0.15, -0.1) is 0 Å². The van der Waals surface area contributed by atoms with E-state index in [9.17, 15) is 4.79 Å². The van der Waals surface area contributed by atoms with E-state index in [-0.39, 0.29) is 5.69 Å². The van der Waals surface area contributed by atoms with E-state index in [0.29, 0.717) is 23.4 Å². The van der Waals surface area contributed by atoms with E-state index in [0.717, 1.165) is 11.7 Å². The summed E-state index contributed by atoms with van der Waals surface area (Å²) in [6, 6.07) is 2.29. The molecule has 0 spiro atoms. The van der Waals surface area contributed by atoms with E-state index in [1.54, 1.807) is 0 Å². The summed E-state index contributed by atoms with van der Waals surface area (Å²) in [5, 5.41) is 9.98. The van der Waals surface area contributed by atoms with Gasteiger partial charge in [-0.2, -0.15) is 5.10 Å². The number of nitrogens with zero attached hydrogens (tertiary/aromatic N) is 3. The van der Waals surface area contributed by atoms with E-state index in [4.69, 9.17) is 0 Å². The first-order valence-electron chi connectivity index (χ1n) is 7.31. The summed E-state index contributed by atoms with van der Waals surface area (Å²) in [5.74, 6) is 2.91. The molecule has 0 radical (unpaired) electrons. The van der Waals surface area contributed by atoms with Crippen molar-refractivity contribution >= 4 is 11.5 Å². The molecule has 0 aliphatic heterocycles. The normalized spacial score (nSPS) is 26.2. The van der Waals surface area contributed by atoms with Crippen LogP contribution in [0.1, 0.15) is 38.9 Å². The Balaban J connectivity index is 1.87. The molecule has 0 saturated heterocycles. The molecule has 0 bridgehead atoms. The number of fused-ring (bicyclic) bond motifs is 1. The van der Waals surface area contributed by atoms with Gasteiger partial charge in [0.15, 0.2) is 5.65 Å². The Morgan fingerprint density at radius 3 is 3.00 bits per heavy atom. The molecule has 0 amide bonds. The fourth-order valence-corrected chi connectivity index (χ4v) is 3.39. The van der Waals surface area contributed by atoms with Crippen LogP contribution in [0.5, 0.6) is 0 Å². The first kappa shape index (κ1) is 13.1. The number of aryl methyl sites for hydroxylation is 1. The summed E-state index contributed by atoms with van der Waals surface area (Å²) < 4.78 is 1.48. The lowest BCUT2D eigenvalue weighted by Crippen LogP contribution is -2.25. The molecule has 20 heavy (non-hydrogen) atoms. The van der Waals surface area contributed by atoms with Crippen LogP contribution in [0.25, 0.3) is 5.65 Å². The third kappa shape index (κ3) is 2.09. The molecule has 6 heteroatoms. The molecule has 2 aromatic heterocycles. The number of hydrogen-bond acceptors (Lipinski definition) is 4. The lowest BCUT2D eigenvalue weighted by molar-refractivity contribution is 0.391. The van der Waals surface area contributed by atoms with Gasteiger partial charge < -0.3 is 5.32 Å². The molecule has 1 saturated carbocycles. The van der Waals surface area contributed by atoms with Crippen molar-refractivity contribution in [3.8, 4) is 0 Å². The fourth-order valence-electron chi connectivity index (χ4n) is 3.39. The van der Waals surface area contributed by atoms with Gasteiger partial charge in [0.25, 0.3) is 0 Å². The Labute approximate surface area is 117 Å². The zero-order chi connectivity index (χ0) is 14.3. The van der Waals surface area contributed by atoms with Crippen LogP contribution in [0.2, 0.25) is 0 Å². The summed E-state index contributed by atoms with van der Waals surface area (Å²) in [5.41, 5.74) is 0.375. The molecule has 2 N–H and O–H groups in total. The Kier molecular flexibility index (Phi) is 3.23. The van der Waals surface area contributed by atoms with Gasteiger partial charge in [-0.25, -0.2) is 19.3 Å². The fraction of sp³-hybridized carbons (Fsp3) is 0.643. The average Bonchev–Trinajstić information content (AvgIpc) is 2.95. The monoisotopic (exact) mass is 275 g/mol. The van der Waals surface area contributed by atoms with Crippen LogP contribution in [-0.2, 0) is 0 Å².